The molecule has 3 heteroatoms. The molecule has 0 amide bonds. The molecule has 0 bridgehead atoms. The molecule has 2 aromatic carbocycles. The van der Waals surface area contributed by atoms with Crippen LogP contribution in [0.15, 0.2) is 41.4 Å². The monoisotopic (exact) mass is 404 g/mol. The molecule has 1 heterocycles. The molecule has 0 spiro atoms. The molecule has 114 valence electrons. The van der Waals surface area contributed by atoms with E-state index in [0.717, 1.165) is 5.69 Å². The van der Waals surface area contributed by atoms with Crippen LogP contribution < -0.4 is 4.90 Å². The number of aliphatic imine (C=N–C) groups is 1. The molecule has 1 fully saturated rings. The minimum Gasteiger partial charge on any atom is -0.372 e. The Kier molecular flexibility index (Phi) is 4.81. The van der Waals surface area contributed by atoms with E-state index in [2.05, 4.69) is 82.7 Å². The zero-order chi connectivity index (χ0) is 15.5. The molecule has 1 saturated heterocycles. The van der Waals surface area contributed by atoms with E-state index in [-0.39, 0.29) is 0 Å². The highest BCUT2D eigenvalue weighted by Crippen LogP contribution is 2.23. The van der Waals surface area contributed by atoms with Gasteiger partial charge >= 0.3 is 0 Å². The minimum atomic E-state index is 1.01. The van der Waals surface area contributed by atoms with Gasteiger partial charge in [-0.15, -0.1) is 0 Å². The number of halogens is 1. The summed E-state index contributed by atoms with van der Waals surface area (Å²) in [5, 5.41) is 0. The lowest BCUT2D eigenvalue weighted by Gasteiger charge is -2.18. The summed E-state index contributed by atoms with van der Waals surface area (Å²) < 4.78 is 1.28. The van der Waals surface area contributed by atoms with E-state index in [9.17, 15) is 0 Å². The third kappa shape index (κ3) is 3.51. The molecule has 0 aliphatic carbocycles. The predicted molar refractivity (Wildman–Crippen MR) is 104 cm³/mol. The Morgan fingerprint density at radius 3 is 2.45 bits per heavy atom. The van der Waals surface area contributed by atoms with Gasteiger partial charge in [-0.25, -0.2) is 0 Å². The number of aryl methyl sites for hydroxylation is 2. The first-order chi connectivity index (χ1) is 10.6. The van der Waals surface area contributed by atoms with Crippen LogP contribution in [-0.2, 0) is 0 Å². The third-order valence-corrected chi connectivity index (χ3v) is 5.43. The summed E-state index contributed by atoms with van der Waals surface area (Å²) in [7, 11) is 0. The fourth-order valence-electron chi connectivity index (χ4n) is 2.83. The van der Waals surface area contributed by atoms with Gasteiger partial charge in [-0.2, -0.15) is 0 Å². The van der Waals surface area contributed by atoms with Crippen molar-refractivity contribution in [2.24, 2.45) is 4.99 Å². The van der Waals surface area contributed by atoms with Gasteiger partial charge in [-0.1, -0.05) is 6.07 Å². The summed E-state index contributed by atoms with van der Waals surface area (Å²) in [6, 6.07) is 13.0. The Balaban J connectivity index is 1.79. The van der Waals surface area contributed by atoms with E-state index < -0.39 is 0 Å². The van der Waals surface area contributed by atoms with Crippen molar-refractivity contribution < 1.29 is 0 Å². The maximum Gasteiger partial charge on any atom is 0.0633 e. The Labute approximate surface area is 146 Å². The lowest BCUT2D eigenvalue weighted by molar-refractivity contribution is 0.949. The standard InChI is InChI=1S/C19H21IN2/c1-14-12-18(22-9-3-4-10-22)7-5-16(14)13-21-17-6-8-19(20)15(2)11-17/h5-8,11-13H,3-4,9-10H2,1-2H3. The first kappa shape index (κ1) is 15.5. The van der Waals surface area contributed by atoms with Gasteiger partial charge in [-0.05, 0) is 96.3 Å². The smallest absolute Gasteiger partial charge is 0.0633 e. The van der Waals surface area contributed by atoms with Crippen molar-refractivity contribution in [1.29, 1.82) is 0 Å². The summed E-state index contributed by atoms with van der Waals surface area (Å²) in [6.07, 6.45) is 4.60. The van der Waals surface area contributed by atoms with Gasteiger partial charge in [0, 0.05) is 28.6 Å². The normalized spacial score (nSPS) is 15.0. The summed E-state index contributed by atoms with van der Waals surface area (Å²) in [5.74, 6) is 0. The average Bonchev–Trinajstić information content (AvgIpc) is 3.04. The van der Waals surface area contributed by atoms with E-state index in [4.69, 9.17) is 0 Å². The van der Waals surface area contributed by atoms with E-state index in [1.165, 1.54) is 51.9 Å². The third-order valence-electron chi connectivity index (χ3n) is 4.22. The van der Waals surface area contributed by atoms with Crippen LogP contribution >= 0.6 is 22.6 Å². The van der Waals surface area contributed by atoms with Gasteiger partial charge in [0.15, 0.2) is 0 Å². The highest BCUT2D eigenvalue weighted by atomic mass is 127. The fourth-order valence-corrected chi connectivity index (χ4v) is 3.17. The van der Waals surface area contributed by atoms with E-state index in [1.807, 2.05) is 6.21 Å². The second kappa shape index (κ2) is 6.82. The molecule has 0 aromatic heterocycles. The van der Waals surface area contributed by atoms with Crippen LogP contribution in [0.25, 0.3) is 0 Å². The number of benzene rings is 2. The van der Waals surface area contributed by atoms with Gasteiger partial charge in [0.1, 0.15) is 0 Å². The predicted octanol–water partition coefficient (Wildman–Crippen LogP) is 5.26. The summed E-state index contributed by atoms with van der Waals surface area (Å²) >= 11 is 2.35. The van der Waals surface area contributed by atoms with Crippen molar-refractivity contribution in [3.8, 4) is 0 Å². The number of hydrogen-bond donors (Lipinski definition) is 0. The van der Waals surface area contributed by atoms with Crippen LogP contribution in [-0.4, -0.2) is 19.3 Å². The number of hydrogen-bond acceptors (Lipinski definition) is 2. The molecule has 1 aliphatic heterocycles. The molecule has 3 rings (SSSR count). The topological polar surface area (TPSA) is 15.6 Å². The zero-order valence-corrected chi connectivity index (χ0v) is 15.3. The van der Waals surface area contributed by atoms with Crippen molar-refractivity contribution in [3.63, 3.8) is 0 Å². The number of nitrogens with zero attached hydrogens (tertiary/aromatic N) is 2. The van der Waals surface area contributed by atoms with Crippen LogP contribution in [0.2, 0.25) is 0 Å². The van der Waals surface area contributed by atoms with Crippen molar-refractivity contribution in [3.05, 3.63) is 56.7 Å². The van der Waals surface area contributed by atoms with Crippen molar-refractivity contribution in [1.82, 2.24) is 0 Å². The van der Waals surface area contributed by atoms with Gasteiger partial charge in [0.05, 0.1) is 5.69 Å². The molecule has 0 unspecified atom stereocenters. The van der Waals surface area contributed by atoms with Crippen LogP contribution in [0.1, 0.15) is 29.5 Å². The maximum atomic E-state index is 4.62. The minimum absolute atomic E-state index is 1.01. The van der Waals surface area contributed by atoms with Crippen molar-refractivity contribution in [2.75, 3.05) is 18.0 Å². The van der Waals surface area contributed by atoms with E-state index in [0.29, 0.717) is 0 Å². The fraction of sp³-hybridized carbons (Fsp3) is 0.316. The molecule has 2 nitrogen and oxygen atoms in total. The molecule has 0 saturated carbocycles. The Morgan fingerprint density at radius 1 is 1.00 bits per heavy atom. The van der Waals surface area contributed by atoms with Crippen LogP contribution in [0.4, 0.5) is 11.4 Å². The van der Waals surface area contributed by atoms with Gasteiger partial charge in [0.25, 0.3) is 0 Å². The van der Waals surface area contributed by atoms with Crippen LogP contribution in [0.3, 0.4) is 0 Å². The average molecular weight is 404 g/mol. The largest absolute Gasteiger partial charge is 0.372 e. The van der Waals surface area contributed by atoms with Crippen molar-refractivity contribution >= 4 is 40.2 Å². The lowest BCUT2D eigenvalue weighted by Crippen LogP contribution is -2.17. The Bertz CT molecular complexity index is 701. The molecule has 0 N–H and O–H groups in total. The van der Waals surface area contributed by atoms with Gasteiger partial charge in [-0.3, -0.25) is 4.99 Å². The Morgan fingerprint density at radius 2 is 1.77 bits per heavy atom. The van der Waals surface area contributed by atoms with E-state index >= 15 is 0 Å². The number of rotatable bonds is 3. The van der Waals surface area contributed by atoms with Crippen LogP contribution in [0.5, 0.6) is 0 Å². The molecular weight excluding hydrogens is 383 g/mol. The highest BCUT2D eigenvalue weighted by Gasteiger charge is 2.12. The second-order valence-electron chi connectivity index (χ2n) is 5.93. The zero-order valence-electron chi connectivity index (χ0n) is 13.1. The van der Waals surface area contributed by atoms with E-state index in [1.54, 1.807) is 0 Å². The summed E-state index contributed by atoms with van der Waals surface area (Å²) in [6.45, 7) is 6.67. The number of anilines is 1. The molecule has 0 atom stereocenters. The second-order valence-corrected chi connectivity index (χ2v) is 7.09. The lowest BCUT2D eigenvalue weighted by atomic mass is 10.1. The summed E-state index contributed by atoms with van der Waals surface area (Å²) in [4.78, 5) is 7.09. The maximum absolute atomic E-state index is 4.62. The molecule has 22 heavy (non-hydrogen) atoms. The van der Waals surface area contributed by atoms with Gasteiger partial charge in [0.2, 0.25) is 0 Å². The quantitative estimate of drug-likeness (QED) is 0.504. The highest BCUT2D eigenvalue weighted by molar-refractivity contribution is 14.1. The molecule has 0 radical (unpaired) electrons. The molecule has 2 aromatic rings. The first-order valence-electron chi connectivity index (χ1n) is 7.79. The summed E-state index contributed by atoms with van der Waals surface area (Å²) in [5.41, 5.74) is 6.11. The van der Waals surface area contributed by atoms with Crippen molar-refractivity contribution in [2.45, 2.75) is 26.7 Å². The molecular formula is C19H21IN2. The molecule has 1 aliphatic rings. The van der Waals surface area contributed by atoms with Crippen LogP contribution in [0, 0.1) is 17.4 Å². The Hall–Kier alpha value is -1.36. The van der Waals surface area contributed by atoms with Gasteiger partial charge < -0.3 is 4.90 Å². The first-order valence-corrected chi connectivity index (χ1v) is 8.87. The SMILES string of the molecule is Cc1cc(N=Cc2ccc(N3CCCC3)cc2C)ccc1I.